The Labute approximate surface area is 714 Å². The van der Waals surface area contributed by atoms with Gasteiger partial charge in [0.1, 0.15) is 75.2 Å². The third kappa shape index (κ3) is 17.9. The lowest BCUT2D eigenvalue weighted by atomic mass is 9.98. The van der Waals surface area contributed by atoms with Crippen molar-refractivity contribution < 1.29 is 17.6 Å². The number of fused-ring (bicyclic) bond motifs is 8. The second kappa shape index (κ2) is 35.9. The number of imidazole rings is 4. The Morgan fingerprint density at radius 3 is 0.851 bits per heavy atom. The fourth-order valence-electron chi connectivity index (χ4n) is 13.7. The van der Waals surface area contributed by atoms with E-state index >= 15 is 0 Å². The molecular formula is C88H65BrCl4F4N24. The summed E-state index contributed by atoms with van der Waals surface area (Å²) in [5.74, 6) is 0.612. The van der Waals surface area contributed by atoms with E-state index in [9.17, 15) is 17.6 Å². The number of aromatic amines is 4. The highest BCUT2D eigenvalue weighted by atomic mass is 79.9. The van der Waals surface area contributed by atoms with Gasteiger partial charge in [-0.05, 0) is 171 Å². The first-order valence-electron chi connectivity index (χ1n) is 37.4. The summed E-state index contributed by atoms with van der Waals surface area (Å²) in [6.07, 6.45) is 12.2. The van der Waals surface area contributed by atoms with Gasteiger partial charge in [0.15, 0.2) is 40.0 Å². The normalized spacial score (nSPS) is 12.2. The number of nitrogens with one attached hydrogen (secondary N) is 7. The maximum atomic E-state index is 14.0. The van der Waals surface area contributed by atoms with Crippen LogP contribution in [0.5, 0.6) is 0 Å². The fraction of sp³-hybridized carbons (Fsp3) is 0.0909. The number of aromatic nitrogens is 20. The van der Waals surface area contributed by atoms with Crippen LogP contribution in [0.3, 0.4) is 0 Å². The Balaban J connectivity index is 0.000000116. The smallest absolute Gasteiger partial charge is 0.182 e. The van der Waals surface area contributed by atoms with Crippen LogP contribution in [0.25, 0.3) is 133 Å². The van der Waals surface area contributed by atoms with Crippen LogP contribution < -0.4 is 21.7 Å². The van der Waals surface area contributed by atoms with Gasteiger partial charge in [0.05, 0.1) is 88.3 Å². The van der Waals surface area contributed by atoms with Crippen LogP contribution in [0.1, 0.15) is 74.1 Å². The number of halogens is 9. The van der Waals surface area contributed by atoms with Crippen LogP contribution in [-0.2, 0) is 0 Å². The summed E-state index contributed by atoms with van der Waals surface area (Å²) in [4.78, 5) is 80.9. The predicted molar refractivity (Wildman–Crippen MR) is 472 cm³/mol. The number of anilines is 3. The summed E-state index contributed by atoms with van der Waals surface area (Å²) in [6, 6.07) is 54.9. The van der Waals surface area contributed by atoms with E-state index in [1.54, 1.807) is 49.6 Å². The maximum absolute atomic E-state index is 14.0. The Bertz CT molecular complexity index is 6710. The average Bonchev–Trinajstić information content (AvgIpc) is 1.79. The highest BCUT2D eigenvalue weighted by molar-refractivity contribution is 9.10. The van der Waals surface area contributed by atoms with Crippen molar-refractivity contribution in [1.82, 2.24) is 99.7 Å². The summed E-state index contributed by atoms with van der Waals surface area (Å²) in [5, 5.41) is 16.0. The molecule has 4 atom stereocenters. The molecule has 33 heteroatoms. The number of hydrogen-bond acceptors (Lipinski definition) is 20. The number of benzene rings is 8. The van der Waals surface area contributed by atoms with E-state index in [4.69, 9.17) is 67.1 Å². The van der Waals surface area contributed by atoms with Crippen LogP contribution in [0.15, 0.2) is 249 Å². The van der Waals surface area contributed by atoms with Crippen LogP contribution in [0.4, 0.5) is 35.0 Å². The third-order valence-electron chi connectivity index (χ3n) is 19.5. The first kappa shape index (κ1) is 81.1. The van der Waals surface area contributed by atoms with Crippen molar-refractivity contribution in [2.75, 3.05) is 16.0 Å². The van der Waals surface area contributed by atoms with E-state index in [0.717, 1.165) is 76.0 Å². The van der Waals surface area contributed by atoms with E-state index in [1.807, 2.05) is 149 Å². The van der Waals surface area contributed by atoms with E-state index in [1.165, 1.54) is 73.8 Å². The summed E-state index contributed by atoms with van der Waals surface area (Å²) in [7, 11) is 0. The molecule has 0 aliphatic rings. The Hall–Kier alpha value is -13.7. The standard InChI is InChI=1S/3C22H16ClFN6.C17H14ClFN2.C5H3BrN4/c3*1-12(29-22-20-21(26-10-25-20)27-11-28-22)15-9-16-17(23)6-3-7-18(16)30-19(15)13-4-2-5-14(24)8-13;1-10(20)13-9-14-15(18)6-3-7-16(14)21-17(13)11-4-2-5-12(19)8-11;6-4-3-5(9-1-7-3)10-2-8-4/h3*2-12H,1H3,(H2,25,26,27,28,29);2-10H,20H2,1H3;1-2H,(H,7,8,9,10)/t12-;;;;/m0..../s1. The first-order chi connectivity index (χ1) is 58.7. The van der Waals surface area contributed by atoms with Crippen LogP contribution in [0.2, 0.25) is 20.1 Å². The molecule has 0 aliphatic heterocycles. The van der Waals surface area contributed by atoms with Gasteiger partial charge in [-0.3, -0.25) is 0 Å². The van der Waals surface area contributed by atoms with Gasteiger partial charge in [0.25, 0.3) is 0 Å². The van der Waals surface area contributed by atoms with E-state index < -0.39 is 0 Å². The minimum absolute atomic E-state index is 0.210. The molecule has 20 rings (SSSR count). The van der Waals surface area contributed by atoms with E-state index in [-0.39, 0.29) is 47.4 Å². The number of nitrogens with zero attached hydrogens (tertiary/aromatic N) is 16. The monoisotopic (exact) mass is 1750 g/mol. The number of nitrogens with two attached hydrogens (primary N) is 1. The van der Waals surface area contributed by atoms with Crippen molar-refractivity contribution in [3.8, 4) is 45.0 Å². The highest BCUT2D eigenvalue weighted by Gasteiger charge is 2.24. The predicted octanol–water partition coefficient (Wildman–Crippen LogP) is 22.4. The highest BCUT2D eigenvalue weighted by Crippen LogP contribution is 2.40. The molecule has 0 spiro atoms. The zero-order valence-corrected chi connectivity index (χ0v) is 68.6. The molecule has 20 aromatic rings. The number of H-pyrrole nitrogens is 4. The quantitative estimate of drug-likeness (QED) is 0.0370. The van der Waals surface area contributed by atoms with Gasteiger partial charge in [0, 0.05) is 86.6 Å². The SMILES string of the molecule is Brc1ncnc2nc[nH]c12.CC(N)c1cc2c(Cl)cccc2nc1-c1cccc(F)c1.CC(Nc1ncnc2nc[nH]c12)c1cc2c(Cl)cccc2nc1-c1cccc(F)c1.CC(Nc1ncnc2nc[nH]c12)c1cc2c(Cl)cccc2nc1-c1cccc(F)c1.C[C@H](Nc1ncnc2nc[nH]c12)c1cc2c(Cl)cccc2nc1-c1cccc(F)c1. The van der Waals surface area contributed by atoms with Gasteiger partial charge in [0.2, 0.25) is 0 Å². The summed E-state index contributed by atoms with van der Waals surface area (Å²) >= 11 is 28.8. The molecule has 3 unspecified atom stereocenters. The maximum Gasteiger partial charge on any atom is 0.182 e. The van der Waals surface area contributed by atoms with Crippen molar-refractivity contribution in [3.63, 3.8) is 0 Å². The van der Waals surface area contributed by atoms with Crippen molar-refractivity contribution in [3.05, 3.63) is 315 Å². The molecule has 0 aliphatic carbocycles. The second-order valence-corrected chi connectivity index (χ2v) is 30.0. The van der Waals surface area contributed by atoms with Gasteiger partial charge in [-0.2, -0.15) is 0 Å². The summed E-state index contributed by atoms with van der Waals surface area (Å²) in [6.45, 7) is 7.86. The van der Waals surface area contributed by atoms with E-state index in [0.29, 0.717) is 122 Å². The number of pyridine rings is 4. The van der Waals surface area contributed by atoms with E-state index in [2.05, 4.69) is 117 Å². The van der Waals surface area contributed by atoms with Crippen LogP contribution in [0, 0.1) is 23.3 Å². The molecule has 0 saturated heterocycles. The summed E-state index contributed by atoms with van der Waals surface area (Å²) in [5.41, 5.74) is 23.4. The lowest BCUT2D eigenvalue weighted by Crippen LogP contribution is -2.11. The van der Waals surface area contributed by atoms with Crippen molar-refractivity contribution >= 4 is 168 Å². The van der Waals surface area contributed by atoms with Crippen molar-refractivity contribution in [2.45, 2.75) is 51.9 Å². The minimum Gasteiger partial charge on any atom is -0.362 e. The van der Waals surface area contributed by atoms with Gasteiger partial charge < -0.3 is 41.6 Å². The molecule has 0 fully saturated rings. The van der Waals surface area contributed by atoms with Gasteiger partial charge in [-0.1, -0.05) is 119 Å². The molecule has 8 aromatic carbocycles. The topological polar surface area (TPSA) is 332 Å². The molecule has 24 nitrogen and oxygen atoms in total. The molecule has 0 saturated carbocycles. The van der Waals surface area contributed by atoms with Gasteiger partial charge >= 0.3 is 0 Å². The van der Waals surface area contributed by atoms with Gasteiger partial charge in [-0.15, -0.1) is 0 Å². The molecule has 12 aromatic heterocycles. The van der Waals surface area contributed by atoms with Crippen LogP contribution >= 0.6 is 62.3 Å². The zero-order chi connectivity index (χ0) is 84.0. The average molecular weight is 1760 g/mol. The largest absolute Gasteiger partial charge is 0.362 e. The lowest BCUT2D eigenvalue weighted by Gasteiger charge is -2.19. The Morgan fingerprint density at radius 1 is 0.314 bits per heavy atom. The molecule has 0 amide bonds. The fourth-order valence-corrected chi connectivity index (χ4v) is 15.0. The third-order valence-corrected chi connectivity index (χ3v) is 21.4. The molecule has 600 valence electrons. The molecule has 121 heavy (non-hydrogen) atoms. The molecule has 0 radical (unpaired) electrons. The van der Waals surface area contributed by atoms with Gasteiger partial charge in [-0.25, -0.2) is 97.3 Å². The second-order valence-electron chi connectivity index (χ2n) is 27.6. The minimum atomic E-state index is -0.318. The Morgan fingerprint density at radius 2 is 0.570 bits per heavy atom. The van der Waals surface area contributed by atoms with Crippen molar-refractivity contribution in [2.24, 2.45) is 5.73 Å². The van der Waals surface area contributed by atoms with Crippen molar-refractivity contribution in [1.29, 1.82) is 0 Å². The lowest BCUT2D eigenvalue weighted by molar-refractivity contribution is 0.628. The molecule has 0 bridgehead atoms. The number of rotatable bonds is 14. The summed E-state index contributed by atoms with van der Waals surface area (Å²) < 4.78 is 56.1. The first-order valence-corrected chi connectivity index (χ1v) is 39.7. The number of hydrogen-bond donors (Lipinski definition) is 8. The Kier molecular flexibility index (Phi) is 24.0. The molecule has 12 heterocycles. The molecular weight excluding hydrogens is 1690 g/mol. The van der Waals surface area contributed by atoms with Crippen LogP contribution in [-0.4, -0.2) is 99.7 Å². The molecule has 9 N–H and O–H groups in total. The zero-order valence-electron chi connectivity index (χ0n) is 64.0.